The molecule has 15 rings (SSSR count). The van der Waals surface area contributed by atoms with Crippen molar-refractivity contribution in [1.29, 1.82) is 0 Å². The monoisotopic (exact) mass is 850 g/mol. The minimum atomic E-state index is -0.502. The summed E-state index contributed by atoms with van der Waals surface area (Å²) < 4.78 is 4.65. The number of para-hydroxylation sites is 2. The lowest BCUT2D eigenvalue weighted by Gasteiger charge is -2.32. The van der Waals surface area contributed by atoms with E-state index in [1.807, 2.05) is 0 Å². The molecule has 0 atom stereocenters. The summed E-state index contributed by atoms with van der Waals surface area (Å²) in [4.78, 5) is 0. The molecule has 0 saturated heterocycles. The van der Waals surface area contributed by atoms with Crippen molar-refractivity contribution in [2.24, 2.45) is 14.1 Å². The van der Waals surface area contributed by atoms with Crippen LogP contribution in [0.4, 0.5) is 0 Å². The van der Waals surface area contributed by atoms with E-state index in [1.54, 1.807) is 0 Å². The normalized spacial score (nSPS) is 13.3. The Morgan fingerprint density at radius 3 is 1.16 bits per heavy atom. The van der Waals surface area contributed by atoms with Gasteiger partial charge in [-0.1, -0.05) is 176 Å². The second-order valence-corrected chi connectivity index (χ2v) is 18.8. The van der Waals surface area contributed by atoms with Crippen LogP contribution in [0.1, 0.15) is 22.3 Å². The summed E-state index contributed by atoms with van der Waals surface area (Å²) in [6.45, 7) is 0. The summed E-state index contributed by atoms with van der Waals surface area (Å²) in [6.07, 6.45) is 0. The van der Waals surface area contributed by atoms with Crippen LogP contribution in [0.3, 0.4) is 0 Å². The summed E-state index contributed by atoms with van der Waals surface area (Å²) in [6, 6.07) is 82.9. The van der Waals surface area contributed by atoms with Gasteiger partial charge in [-0.3, -0.25) is 0 Å². The van der Waals surface area contributed by atoms with Crippen molar-refractivity contribution >= 4 is 65.2 Å². The Morgan fingerprint density at radius 2 is 0.642 bits per heavy atom. The van der Waals surface area contributed by atoms with Gasteiger partial charge in [-0.05, 0) is 142 Å². The van der Waals surface area contributed by atoms with Crippen LogP contribution >= 0.6 is 0 Å². The fourth-order valence-electron chi connectivity index (χ4n) is 13.0. The number of aryl methyl sites for hydroxylation is 2. The third-order valence-electron chi connectivity index (χ3n) is 15.8. The standard InChI is InChI=1S/C65H42N2/c1-66-59-30-11-6-19-46(59)54-36-39(32-34-61(54)66)41-21-13-23-48-52(41)38-53-42(40-33-35-62-55(37-40)47-20-7-12-31-60(47)67(62)2)22-14-24-49(53)63(48)51-26-15-25-50-45-18-5-10-29-58(45)65(64(50)51)56-27-8-3-16-43(56)44-17-4-9-28-57(44)65/h3-38H,1-2H3. The van der Waals surface area contributed by atoms with Crippen molar-refractivity contribution in [3.8, 4) is 55.6 Å². The number of aromatic nitrogens is 2. The first kappa shape index (κ1) is 36.8. The third-order valence-corrected chi connectivity index (χ3v) is 15.8. The molecule has 0 bridgehead atoms. The second-order valence-electron chi connectivity index (χ2n) is 18.8. The number of rotatable bonds is 3. The molecule has 0 fully saturated rings. The van der Waals surface area contributed by atoms with Gasteiger partial charge in [0, 0.05) is 57.7 Å². The van der Waals surface area contributed by atoms with Crippen LogP contribution in [0.25, 0.3) is 121 Å². The summed E-state index contributed by atoms with van der Waals surface area (Å²) in [7, 11) is 4.37. The highest BCUT2D eigenvalue weighted by molar-refractivity contribution is 6.21. The zero-order valence-electron chi connectivity index (χ0n) is 37.2. The van der Waals surface area contributed by atoms with E-state index in [-0.39, 0.29) is 0 Å². The SMILES string of the molecule is Cn1c2ccccc2c2cc(-c3cccc4c(-c5cccc6c5C5(c7ccccc7-c7ccccc75)c5ccccc5-6)c5cccc(-c6ccc7c(c6)c6ccccc6n7C)c5cc34)ccc21. The number of hydrogen-bond donors (Lipinski definition) is 0. The highest BCUT2D eigenvalue weighted by atomic mass is 14.9. The van der Waals surface area contributed by atoms with Gasteiger partial charge in [0.1, 0.15) is 0 Å². The topological polar surface area (TPSA) is 9.86 Å². The maximum atomic E-state index is 2.51. The summed E-state index contributed by atoms with van der Waals surface area (Å²) in [5, 5.41) is 10.1. The Kier molecular flexibility index (Phi) is 7.32. The van der Waals surface area contributed by atoms with E-state index >= 15 is 0 Å². The fourth-order valence-corrected chi connectivity index (χ4v) is 13.0. The molecular weight excluding hydrogens is 809 g/mol. The molecule has 13 aromatic rings. The van der Waals surface area contributed by atoms with Crippen LogP contribution in [0.2, 0.25) is 0 Å². The zero-order valence-corrected chi connectivity index (χ0v) is 37.2. The second kappa shape index (κ2) is 13.3. The predicted molar refractivity (Wildman–Crippen MR) is 282 cm³/mol. The molecule has 0 N–H and O–H groups in total. The Bertz CT molecular complexity index is 4070. The molecule has 2 heterocycles. The van der Waals surface area contributed by atoms with Crippen molar-refractivity contribution in [3.63, 3.8) is 0 Å². The van der Waals surface area contributed by atoms with Crippen molar-refractivity contribution in [1.82, 2.24) is 9.13 Å². The predicted octanol–water partition coefficient (Wildman–Crippen LogP) is 16.6. The van der Waals surface area contributed by atoms with E-state index in [2.05, 4.69) is 242 Å². The van der Waals surface area contributed by atoms with Crippen molar-refractivity contribution in [2.75, 3.05) is 0 Å². The summed E-state index contributed by atoms with van der Waals surface area (Å²) in [5.74, 6) is 0. The lowest BCUT2D eigenvalue weighted by molar-refractivity contribution is 0.796. The average Bonchev–Trinajstić information content (AvgIpc) is 4.06. The van der Waals surface area contributed by atoms with Gasteiger partial charge in [0.2, 0.25) is 0 Å². The quantitative estimate of drug-likeness (QED) is 0.157. The smallest absolute Gasteiger partial charge is 0.0731 e. The molecular formula is C65H42N2. The highest BCUT2D eigenvalue weighted by Gasteiger charge is 2.52. The molecule has 0 amide bonds. The Labute approximate surface area is 388 Å². The molecule has 2 aliphatic carbocycles. The number of fused-ring (bicyclic) bond motifs is 18. The van der Waals surface area contributed by atoms with E-state index < -0.39 is 5.41 Å². The van der Waals surface area contributed by atoms with Gasteiger partial charge < -0.3 is 9.13 Å². The van der Waals surface area contributed by atoms with Crippen LogP contribution in [0, 0.1) is 0 Å². The van der Waals surface area contributed by atoms with Crippen molar-refractivity contribution < 1.29 is 0 Å². The lowest BCUT2D eigenvalue weighted by atomic mass is 9.68. The molecule has 67 heavy (non-hydrogen) atoms. The van der Waals surface area contributed by atoms with E-state index in [0.29, 0.717) is 0 Å². The Morgan fingerprint density at radius 1 is 0.269 bits per heavy atom. The summed E-state index contributed by atoms with van der Waals surface area (Å²) >= 11 is 0. The first-order valence-electron chi connectivity index (χ1n) is 23.5. The van der Waals surface area contributed by atoms with E-state index in [1.165, 1.54) is 143 Å². The molecule has 0 aliphatic heterocycles. The molecule has 0 radical (unpaired) electrons. The van der Waals surface area contributed by atoms with Crippen LogP contribution in [0.5, 0.6) is 0 Å². The molecule has 2 aromatic heterocycles. The van der Waals surface area contributed by atoms with Gasteiger partial charge in [-0.15, -0.1) is 0 Å². The van der Waals surface area contributed by atoms with Gasteiger partial charge >= 0.3 is 0 Å². The molecule has 2 aliphatic rings. The maximum absolute atomic E-state index is 2.51. The first-order chi connectivity index (χ1) is 33.1. The first-order valence-corrected chi connectivity index (χ1v) is 23.5. The van der Waals surface area contributed by atoms with Gasteiger partial charge in [0.25, 0.3) is 0 Å². The van der Waals surface area contributed by atoms with Crippen molar-refractivity contribution in [3.05, 3.63) is 241 Å². The number of nitrogens with zero attached hydrogens (tertiary/aromatic N) is 2. The Balaban J connectivity index is 1.09. The molecule has 0 saturated carbocycles. The molecule has 0 unspecified atom stereocenters. The van der Waals surface area contributed by atoms with Crippen LogP contribution in [-0.2, 0) is 19.5 Å². The minimum Gasteiger partial charge on any atom is -0.344 e. The van der Waals surface area contributed by atoms with Gasteiger partial charge in [-0.25, -0.2) is 0 Å². The van der Waals surface area contributed by atoms with E-state index in [9.17, 15) is 0 Å². The average molecular weight is 851 g/mol. The van der Waals surface area contributed by atoms with Crippen LogP contribution < -0.4 is 0 Å². The van der Waals surface area contributed by atoms with Gasteiger partial charge in [0.15, 0.2) is 0 Å². The molecule has 2 nitrogen and oxygen atoms in total. The van der Waals surface area contributed by atoms with Gasteiger partial charge in [-0.2, -0.15) is 0 Å². The Hall–Kier alpha value is -8.46. The van der Waals surface area contributed by atoms with E-state index in [0.717, 1.165) is 0 Å². The lowest BCUT2D eigenvalue weighted by Crippen LogP contribution is -2.26. The third kappa shape index (κ3) is 4.69. The summed E-state index contributed by atoms with van der Waals surface area (Å²) in [5.41, 5.74) is 22.6. The molecule has 312 valence electrons. The molecule has 11 aromatic carbocycles. The van der Waals surface area contributed by atoms with Crippen LogP contribution in [0.15, 0.2) is 218 Å². The largest absolute Gasteiger partial charge is 0.344 e. The van der Waals surface area contributed by atoms with Gasteiger partial charge in [0.05, 0.1) is 5.41 Å². The fraction of sp³-hybridized carbons (Fsp3) is 0.0462. The highest BCUT2D eigenvalue weighted by Crippen LogP contribution is 2.65. The minimum absolute atomic E-state index is 0.502. The molecule has 1 spiro atoms. The zero-order chi connectivity index (χ0) is 44.1. The molecule has 2 heteroatoms. The van der Waals surface area contributed by atoms with Crippen LogP contribution in [-0.4, -0.2) is 9.13 Å². The number of hydrogen-bond acceptors (Lipinski definition) is 0. The number of benzene rings is 11. The van der Waals surface area contributed by atoms with E-state index in [4.69, 9.17) is 0 Å². The van der Waals surface area contributed by atoms with Crippen molar-refractivity contribution in [2.45, 2.75) is 5.41 Å². The maximum Gasteiger partial charge on any atom is 0.0731 e.